The van der Waals surface area contributed by atoms with Crippen LogP contribution in [0.5, 0.6) is 0 Å². The molecule has 82 valence electrons. The van der Waals surface area contributed by atoms with Crippen LogP contribution < -0.4 is 5.73 Å². The number of ether oxygens (including phenoxy) is 1. The SMILES string of the molecule is NCCCOCC1CCN(C2CC2)C1. The van der Waals surface area contributed by atoms with Crippen molar-refractivity contribution < 1.29 is 4.74 Å². The third-order valence-corrected chi connectivity index (χ3v) is 3.23. The maximum Gasteiger partial charge on any atom is 0.0506 e. The van der Waals surface area contributed by atoms with Crippen LogP contribution in [-0.4, -0.2) is 43.8 Å². The van der Waals surface area contributed by atoms with E-state index in [1.54, 1.807) is 0 Å². The fourth-order valence-corrected chi connectivity index (χ4v) is 2.21. The highest BCUT2D eigenvalue weighted by molar-refractivity contribution is 4.89. The second kappa shape index (κ2) is 5.10. The summed E-state index contributed by atoms with van der Waals surface area (Å²) in [6.07, 6.45) is 5.19. The summed E-state index contributed by atoms with van der Waals surface area (Å²) in [6.45, 7) is 5.11. The molecule has 14 heavy (non-hydrogen) atoms. The van der Waals surface area contributed by atoms with Crippen LogP contribution in [0.3, 0.4) is 0 Å². The summed E-state index contributed by atoms with van der Waals surface area (Å²) < 4.78 is 5.60. The Hall–Kier alpha value is -0.120. The Morgan fingerprint density at radius 1 is 1.29 bits per heavy atom. The molecule has 0 aromatic heterocycles. The van der Waals surface area contributed by atoms with E-state index in [2.05, 4.69) is 4.90 Å². The Morgan fingerprint density at radius 2 is 2.14 bits per heavy atom. The lowest BCUT2D eigenvalue weighted by molar-refractivity contribution is 0.0999. The summed E-state index contributed by atoms with van der Waals surface area (Å²) in [5, 5.41) is 0. The van der Waals surface area contributed by atoms with Crippen LogP contribution in [0.4, 0.5) is 0 Å². The minimum absolute atomic E-state index is 0.749. The molecule has 1 heterocycles. The van der Waals surface area contributed by atoms with E-state index in [0.717, 1.165) is 38.1 Å². The van der Waals surface area contributed by atoms with Crippen LogP contribution in [0.25, 0.3) is 0 Å². The van der Waals surface area contributed by atoms with Gasteiger partial charge in [-0.1, -0.05) is 0 Å². The van der Waals surface area contributed by atoms with E-state index in [1.807, 2.05) is 0 Å². The summed E-state index contributed by atoms with van der Waals surface area (Å²) in [6, 6.07) is 0.934. The molecular weight excluding hydrogens is 176 g/mol. The fraction of sp³-hybridized carbons (Fsp3) is 1.00. The second-order valence-corrected chi connectivity index (χ2v) is 4.60. The Balaban J connectivity index is 1.54. The predicted octanol–water partition coefficient (Wildman–Crippen LogP) is 0.836. The second-order valence-electron chi connectivity index (χ2n) is 4.60. The Bertz CT molecular complexity index is 171. The van der Waals surface area contributed by atoms with E-state index in [9.17, 15) is 0 Å². The van der Waals surface area contributed by atoms with Crippen molar-refractivity contribution in [1.29, 1.82) is 0 Å². The minimum atomic E-state index is 0.749. The van der Waals surface area contributed by atoms with Crippen molar-refractivity contribution >= 4 is 0 Å². The molecular formula is C11H22N2O. The largest absolute Gasteiger partial charge is 0.381 e. The van der Waals surface area contributed by atoms with Crippen molar-refractivity contribution in [1.82, 2.24) is 4.90 Å². The van der Waals surface area contributed by atoms with Gasteiger partial charge in [0.15, 0.2) is 0 Å². The third kappa shape index (κ3) is 2.94. The first-order chi connectivity index (χ1) is 6.90. The molecule has 1 saturated carbocycles. The van der Waals surface area contributed by atoms with E-state index in [4.69, 9.17) is 10.5 Å². The summed E-state index contributed by atoms with van der Waals surface area (Å²) >= 11 is 0. The van der Waals surface area contributed by atoms with Crippen molar-refractivity contribution in [2.45, 2.75) is 31.7 Å². The lowest BCUT2D eigenvalue weighted by Gasteiger charge is -2.14. The zero-order valence-electron chi connectivity index (χ0n) is 8.95. The smallest absolute Gasteiger partial charge is 0.0506 e. The Morgan fingerprint density at radius 3 is 2.86 bits per heavy atom. The van der Waals surface area contributed by atoms with Crippen molar-refractivity contribution in [2.75, 3.05) is 32.8 Å². The average Bonchev–Trinajstić information content (AvgIpc) is 2.94. The molecule has 0 spiro atoms. The van der Waals surface area contributed by atoms with E-state index in [-0.39, 0.29) is 0 Å². The number of hydrogen-bond acceptors (Lipinski definition) is 3. The molecule has 1 saturated heterocycles. The van der Waals surface area contributed by atoms with Crippen LogP contribution in [0.2, 0.25) is 0 Å². The third-order valence-electron chi connectivity index (χ3n) is 3.23. The number of nitrogens with two attached hydrogens (primary N) is 1. The maximum absolute atomic E-state index is 5.60. The first kappa shape index (κ1) is 10.4. The van der Waals surface area contributed by atoms with Gasteiger partial charge >= 0.3 is 0 Å². The number of rotatable bonds is 6. The average molecular weight is 198 g/mol. The Labute approximate surface area is 86.6 Å². The lowest BCUT2D eigenvalue weighted by Crippen LogP contribution is -2.24. The normalized spacial score (nSPS) is 28.5. The van der Waals surface area contributed by atoms with Crippen molar-refractivity contribution in [3.8, 4) is 0 Å². The highest BCUT2D eigenvalue weighted by atomic mass is 16.5. The van der Waals surface area contributed by atoms with Gasteiger partial charge < -0.3 is 15.4 Å². The highest BCUT2D eigenvalue weighted by Gasteiger charge is 2.34. The Kier molecular flexibility index (Phi) is 3.79. The monoisotopic (exact) mass is 198 g/mol. The molecule has 1 atom stereocenters. The molecule has 0 aromatic rings. The van der Waals surface area contributed by atoms with Crippen molar-refractivity contribution in [3.63, 3.8) is 0 Å². The highest BCUT2D eigenvalue weighted by Crippen LogP contribution is 2.31. The maximum atomic E-state index is 5.60. The predicted molar refractivity (Wildman–Crippen MR) is 57.2 cm³/mol. The molecule has 2 aliphatic rings. The van der Waals surface area contributed by atoms with Crippen molar-refractivity contribution in [3.05, 3.63) is 0 Å². The molecule has 1 aliphatic heterocycles. The summed E-state index contributed by atoms with van der Waals surface area (Å²) in [5.74, 6) is 0.786. The first-order valence-electron chi connectivity index (χ1n) is 5.92. The summed E-state index contributed by atoms with van der Waals surface area (Å²) in [4.78, 5) is 2.64. The van der Waals surface area contributed by atoms with Gasteiger partial charge in [-0.25, -0.2) is 0 Å². The molecule has 0 amide bonds. The molecule has 1 aliphatic carbocycles. The molecule has 1 unspecified atom stereocenters. The molecule has 0 aromatic carbocycles. The molecule has 0 bridgehead atoms. The van der Waals surface area contributed by atoms with Crippen LogP contribution in [0, 0.1) is 5.92 Å². The van der Waals surface area contributed by atoms with Gasteiger partial charge in [0.05, 0.1) is 6.61 Å². The van der Waals surface area contributed by atoms with Crippen LogP contribution in [-0.2, 0) is 4.74 Å². The molecule has 0 radical (unpaired) electrons. The zero-order chi connectivity index (χ0) is 9.80. The van der Waals surface area contributed by atoms with Gasteiger partial charge in [0.2, 0.25) is 0 Å². The van der Waals surface area contributed by atoms with E-state index >= 15 is 0 Å². The fourth-order valence-electron chi connectivity index (χ4n) is 2.21. The number of hydrogen-bond donors (Lipinski definition) is 1. The van der Waals surface area contributed by atoms with Gasteiger partial charge in [-0.3, -0.25) is 0 Å². The number of likely N-dealkylation sites (tertiary alicyclic amines) is 1. The molecule has 2 rings (SSSR count). The first-order valence-corrected chi connectivity index (χ1v) is 5.92. The van der Waals surface area contributed by atoms with Crippen LogP contribution in [0.15, 0.2) is 0 Å². The summed E-state index contributed by atoms with van der Waals surface area (Å²) in [5.41, 5.74) is 5.40. The van der Waals surface area contributed by atoms with E-state index < -0.39 is 0 Å². The van der Waals surface area contributed by atoms with Gasteiger partial charge in [-0.2, -0.15) is 0 Å². The standard InChI is InChI=1S/C11H22N2O/c12-5-1-7-14-9-10-4-6-13(8-10)11-2-3-11/h10-11H,1-9,12H2. The topological polar surface area (TPSA) is 38.5 Å². The minimum Gasteiger partial charge on any atom is -0.381 e. The van der Waals surface area contributed by atoms with Crippen LogP contribution >= 0.6 is 0 Å². The number of nitrogens with zero attached hydrogens (tertiary/aromatic N) is 1. The molecule has 3 nitrogen and oxygen atoms in total. The quantitative estimate of drug-likeness (QED) is 0.643. The molecule has 2 N–H and O–H groups in total. The van der Waals surface area contributed by atoms with Gasteiger partial charge in [0.1, 0.15) is 0 Å². The summed E-state index contributed by atoms with van der Waals surface area (Å²) in [7, 11) is 0. The van der Waals surface area contributed by atoms with Crippen molar-refractivity contribution in [2.24, 2.45) is 11.7 Å². The van der Waals surface area contributed by atoms with Gasteiger partial charge in [-0.05, 0) is 44.7 Å². The van der Waals surface area contributed by atoms with Gasteiger partial charge in [0.25, 0.3) is 0 Å². The van der Waals surface area contributed by atoms with Gasteiger partial charge in [0, 0.05) is 19.2 Å². The molecule has 2 fully saturated rings. The van der Waals surface area contributed by atoms with E-state index in [1.165, 1.54) is 32.4 Å². The van der Waals surface area contributed by atoms with Gasteiger partial charge in [-0.15, -0.1) is 0 Å². The molecule has 3 heteroatoms. The van der Waals surface area contributed by atoms with E-state index in [0.29, 0.717) is 0 Å². The van der Waals surface area contributed by atoms with Crippen LogP contribution in [0.1, 0.15) is 25.7 Å². The lowest BCUT2D eigenvalue weighted by atomic mass is 10.1. The zero-order valence-corrected chi connectivity index (χ0v) is 8.95.